The van der Waals surface area contributed by atoms with E-state index in [1.54, 1.807) is 12.1 Å². The highest BCUT2D eigenvalue weighted by Gasteiger charge is 2.31. The molecule has 1 aliphatic rings. The second kappa shape index (κ2) is 4.26. The molecule has 2 rings (SSSR count). The molecule has 1 aromatic rings. The molecule has 1 aromatic carbocycles. The summed E-state index contributed by atoms with van der Waals surface area (Å²) < 4.78 is 24.5. The molecule has 0 saturated carbocycles. The van der Waals surface area contributed by atoms with Gasteiger partial charge in [0.2, 0.25) is 0 Å². The molecule has 1 aliphatic heterocycles. The van der Waals surface area contributed by atoms with Crippen LogP contribution in [0.4, 0.5) is 4.39 Å². The molecule has 0 aliphatic carbocycles. The van der Waals surface area contributed by atoms with Gasteiger partial charge in [-0.3, -0.25) is 4.21 Å². The summed E-state index contributed by atoms with van der Waals surface area (Å²) in [6.07, 6.45) is 0. The topological polar surface area (TPSA) is 29.1 Å². The first kappa shape index (κ1) is 11.7. The summed E-state index contributed by atoms with van der Waals surface area (Å²) in [6.45, 7) is 4.08. The molecule has 88 valence electrons. The van der Waals surface area contributed by atoms with Crippen LogP contribution >= 0.6 is 0 Å². The smallest absolute Gasteiger partial charge is 0.123 e. The Kier molecular flexibility index (Phi) is 3.13. The number of hydrogen-bond acceptors (Lipinski definition) is 2. The van der Waals surface area contributed by atoms with E-state index in [1.165, 1.54) is 12.1 Å². The summed E-state index contributed by atoms with van der Waals surface area (Å²) in [5.41, 5.74) is 0.879. The summed E-state index contributed by atoms with van der Waals surface area (Å²) in [5.74, 6) is 1.04. The molecule has 2 nitrogen and oxygen atoms in total. The van der Waals surface area contributed by atoms with E-state index in [4.69, 9.17) is 0 Å². The predicted octanol–water partition coefficient (Wildman–Crippen LogP) is 2.00. The zero-order chi connectivity index (χ0) is 11.8. The predicted molar refractivity (Wildman–Crippen MR) is 64.2 cm³/mol. The van der Waals surface area contributed by atoms with Crippen molar-refractivity contribution < 1.29 is 8.60 Å². The molecule has 1 N–H and O–H groups in total. The average Bonchev–Trinajstić information content (AvgIpc) is 2.15. The van der Waals surface area contributed by atoms with E-state index in [9.17, 15) is 8.60 Å². The molecular weight excluding hydrogens is 225 g/mol. The molecule has 1 saturated heterocycles. The van der Waals surface area contributed by atoms with E-state index in [0.29, 0.717) is 11.5 Å². The van der Waals surface area contributed by atoms with E-state index in [-0.39, 0.29) is 17.4 Å². The second-order valence-electron chi connectivity index (χ2n) is 4.88. The fourth-order valence-electron chi connectivity index (χ4n) is 2.08. The molecule has 0 bridgehead atoms. The molecule has 0 spiro atoms. The van der Waals surface area contributed by atoms with Gasteiger partial charge < -0.3 is 5.32 Å². The molecule has 0 radical (unpaired) electrons. The lowest BCUT2D eigenvalue weighted by molar-refractivity contribution is 0.369. The first-order valence-corrected chi connectivity index (χ1v) is 6.83. The van der Waals surface area contributed by atoms with Crippen molar-refractivity contribution in [1.82, 2.24) is 5.32 Å². The van der Waals surface area contributed by atoms with Crippen LogP contribution in [0.25, 0.3) is 0 Å². The van der Waals surface area contributed by atoms with Gasteiger partial charge in [0.15, 0.2) is 0 Å². The summed E-state index contributed by atoms with van der Waals surface area (Å²) >= 11 is 0. The Balaban J connectivity index is 2.21. The van der Waals surface area contributed by atoms with Crippen LogP contribution in [0.1, 0.15) is 25.5 Å². The zero-order valence-corrected chi connectivity index (χ0v) is 10.3. The Hall–Kier alpha value is -0.740. The maximum Gasteiger partial charge on any atom is 0.123 e. The Bertz CT molecular complexity index is 402. The van der Waals surface area contributed by atoms with Crippen LogP contribution < -0.4 is 5.32 Å². The molecule has 16 heavy (non-hydrogen) atoms. The largest absolute Gasteiger partial charge is 0.303 e. The molecule has 0 aromatic heterocycles. The summed E-state index contributed by atoms with van der Waals surface area (Å²) in [6, 6.07) is 6.46. The van der Waals surface area contributed by atoms with Crippen molar-refractivity contribution in [2.24, 2.45) is 0 Å². The van der Waals surface area contributed by atoms with E-state index >= 15 is 0 Å². The first-order valence-electron chi connectivity index (χ1n) is 5.34. The van der Waals surface area contributed by atoms with Gasteiger partial charge in [-0.15, -0.1) is 0 Å². The highest BCUT2D eigenvalue weighted by molar-refractivity contribution is 7.85. The van der Waals surface area contributed by atoms with Crippen molar-refractivity contribution in [2.45, 2.75) is 25.4 Å². The fourth-order valence-corrected chi connectivity index (χ4v) is 3.73. The number of nitrogens with one attached hydrogen (secondary N) is 1. The van der Waals surface area contributed by atoms with E-state index in [0.717, 1.165) is 5.56 Å². The van der Waals surface area contributed by atoms with Gasteiger partial charge >= 0.3 is 0 Å². The Labute approximate surface area is 97.7 Å². The third-order valence-corrected chi connectivity index (χ3v) is 4.46. The van der Waals surface area contributed by atoms with Crippen LogP contribution in [0.3, 0.4) is 0 Å². The monoisotopic (exact) mass is 241 g/mol. The van der Waals surface area contributed by atoms with Gasteiger partial charge in [-0.05, 0) is 31.5 Å². The molecule has 4 heteroatoms. The summed E-state index contributed by atoms with van der Waals surface area (Å²) in [7, 11) is -0.802. The lowest BCUT2D eigenvalue weighted by Crippen LogP contribution is -2.52. The van der Waals surface area contributed by atoms with E-state index in [1.807, 2.05) is 13.8 Å². The lowest BCUT2D eigenvalue weighted by Gasteiger charge is -2.36. The molecule has 1 heterocycles. The van der Waals surface area contributed by atoms with Gasteiger partial charge in [0.05, 0.1) is 0 Å². The minimum atomic E-state index is -0.802. The van der Waals surface area contributed by atoms with Crippen molar-refractivity contribution >= 4 is 10.8 Å². The maximum absolute atomic E-state index is 12.8. The summed E-state index contributed by atoms with van der Waals surface area (Å²) in [4.78, 5) is 0. The van der Waals surface area contributed by atoms with Crippen LogP contribution in [0.2, 0.25) is 0 Å². The standard InChI is InChI=1S/C12H16FNOS/c1-12(2)8-16(15)7-11(14-12)9-3-5-10(13)6-4-9/h3-6,11,14H,7-8H2,1-2H3. The highest BCUT2D eigenvalue weighted by atomic mass is 32.2. The van der Waals surface area contributed by atoms with E-state index < -0.39 is 10.8 Å². The highest BCUT2D eigenvalue weighted by Crippen LogP contribution is 2.24. The summed E-state index contributed by atoms with van der Waals surface area (Å²) in [5, 5.41) is 3.44. The van der Waals surface area contributed by atoms with Crippen LogP contribution in [-0.4, -0.2) is 21.3 Å². The number of rotatable bonds is 1. The van der Waals surface area contributed by atoms with Gasteiger partial charge in [-0.2, -0.15) is 0 Å². The first-order chi connectivity index (χ1) is 7.46. The lowest BCUT2D eigenvalue weighted by atomic mass is 10.0. The zero-order valence-electron chi connectivity index (χ0n) is 9.50. The van der Waals surface area contributed by atoms with Crippen molar-refractivity contribution in [3.8, 4) is 0 Å². The Morgan fingerprint density at radius 1 is 1.38 bits per heavy atom. The number of benzene rings is 1. The van der Waals surface area contributed by atoms with Crippen LogP contribution in [0.5, 0.6) is 0 Å². The quantitative estimate of drug-likeness (QED) is 0.814. The second-order valence-corrected chi connectivity index (χ2v) is 6.38. The molecule has 0 amide bonds. The molecule has 2 unspecified atom stereocenters. The number of hydrogen-bond donors (Lipinski definition) is 1. The SMILES string of the molecule is CC1(C)CS(=O)CC(c2ccc(F)cc2)N1. The van der Waals surface area contributed by atoms with Gasteiger partial charge in [-0.25, -0.2) is 4.39 Å². The Morgan fingerprint density at radius 2 is 2.00 bits per heavy atom. The van der Waals surface area contributed by atoms with Crippen LogP contribution in [0, 0.1) is 5.82 Å². The van der Waals surface area contributed by atoms with Gasteiger partial charge in [0, 0.05) is 33.9 Å². The fraction of sp³-hybridized carbons (Fsp3) is 0.500. The third kappa shape index (κ3) is 2.68. The average molecular weight is 241 g/mol. The van der Waals surface area contributed by atoms with Gasteiger partial charge in [0.25, 0.3) is 0 Å². The van der Waals surface area contributed by atoms with E-state index in [2.05, 4.69) is 5.32 Å². The third-order valence-electron chi connectivity index (χ3n) is 2.71. The molecular formula is C12H16FNOS. The Morgan fingerprint density at radius 3 is 2.56 bits per heavy atom. The van der Waals surface area contributed by atoms with Crippen molar-refractivity contribution in [3.63, 3.8) is 0 Å². The van der Waals surface area contributed by atoms with Gasteiger partial charge in [-0.1, -0.05) is 12.1 Å². The maximum atomic E-state index is 12.8. The normalized spacial score (nSPS) is 28.9. The number of halogens is 1. The van der Waals surface area contributed by atoms with Crippen molar-refractivity contribution in [1.29, 1.82) is 0 Å². The van der Waals surface area contributed by atoms with Crippen molar-refractivity contribution in [2.75, 3.05) is 11.5 Å². The molecule has 1 fully saturated rings. The van der Waals surface area contributed by atoms with Gasteiger partial charge in [0.1, 0.15) is 5.82 Å². The minimum absolute atomic E-state index is 0.0604. The minimum Gasteiger partial charge on any atom is -0.303 e. The molecule has 2 atom stereocenters. The van der Waals surface area contributed by atoms with Crippen LogP contribution in [-0.2, 0) is 10.8 Å². The van der Waals surface area contributed by atoms with Crippen LogP contribution in [0.15, 0.2) is 24.3 Å². The van der Waals surface area contributed by atoms with Crippen molar-refractivity contribution in [3.05, 3.63) is 35.6 Å².